The number of aromatic nitrogens is 2. The summed E-state index contributed by atoms with van der Waals surface area (Å²) in [4.78, 5) is 28.0. The summed E-state index contributed by atoms with van der Waals surface area (Å²) < 4.78 is 11.5. The zero-order valence-corrected chi connectivity index (χ0v) is 12.5. The molecule has 1 N–H and O–H groups in total. The average Bonchev–Trinajstić information content (AvgIpc) is 2.89. The van der Waals surface area contributed by atoms with Gasteiger partial charge in [0.15, 0.2) is 11.2 Å². The lowest BCUT2D eigenvalue weighted by molar-refractivity contribution is -0.121. The van der Waals surface area contributed by atoms with Crippen LogP contribution in [-0.4, -0.2) is 22.6 Å². The molecule has 3 aromatic rings. The van der Waals surface area contributed by atoms with E-state index in [-0.39, 0.29) is 12.5 Å². The minimum absolute atomic E-state index is 0.155. The molecule has 0 radical (unpaired) electrons. The van der Waals surface area contributed by atoms with Gasteiger partial charge >= 0.3 is 5.76 Å². The lowest BCUT2D eigenvalue weighted by atomic mass is 10.2. The van der Waals surface area contributed by atoms with Crippen molar-refractivity contribution in [3.05, 3.63) is 58.7 Å². The topological polar surface area (TPSA) is 86.4 Å². The number of nitrogens with zero attached hydrogens (tertiary/aromatic N) is 2. The summed E-state index contributed by atoms with van der Waals surface area (Å²) in [5, 5.41) is 2.76. The second kappa shape index (κ2) is 6.35. The number of carbonyl (C=O) groups is 1. The Morgan fingerprint density at radius 1 is 1.30 bits per heavy atom. The van der Waals surface area contributed by atoms with Gasteiger partial charge in [-0.05, 0) is 18.2 Å². The zero-order valence-electron chi connectivity index (χ0n) is 12.5. The molecule has 0 spiro atoms. The second-order valence-corrected chi connectivity index (χ2v) is 4.87. The Morgan fingerprint density at radius 3 is 2.96 bits per heavy atom. The Labute approximate surface area is 131 Å². The predicted octanol–water partition coefficient (Wildman–Crippen LogP) is 1.31. The van der Waals surface area contributed by atoms with Crippen LogP contribution in [0.2, 0.25) is 0 Å². The number of benzene rings is 1. The maximum atomic E-state index is 12.1. The van der Waals surface area contributed by atoms with Gasteiger partial charge in [0.25, 0.3) is 0 Å². The number of nitrogens with one attached hydrogen (secondary N) is 1. The summed E-state index contributed by atoms with van der Waals surface area (Å²) >= 11 is 0. The van der Waals surface area contributed by atoms with Crippen molar-refractivity contribution in [2.45, 2.75) is 13.1 Å². The van der Waals surface area contributed by atoms with Crippen LogP contribution in [0.4, 0.5) is 0 Å². The van der Waals surface area contributed by atoms with Crippen molar-refractivity contribution in [2.75, 3.05) is 7.11 Å². The summed E-state index contributed by atoms with van der Waals surface area (Å²) in [5.41, 5.74) is 1.56. The molecule has 0 atom stereocenters. The minimum atomic E-state index is -0.605. The van der Waals surface area contributed by atoms with E-state index in [1.54, 1.807) is 25.4 Å². The third-order valence-electron chi connectivity index (χ3n) is 3.39. The normalized spacial score (nSPS) is 10.7. The first-order valence-corrected chi connectivity index (χ1v) is 7.02. The molecule has 0 saturated heterocycles. The summed E-state index contributed by atoms with van der Waals surface area (Å²) in [7, 11) is 1.57. The van der Waals surface area contributed by atoms with Crippen molar-refractivity contribution in [1.29, 1.82) is 0 Å². The number of amides is 1. The Kier molecular flexibility index (Phi) is 4.09. The largest absolute Gasteiger partial charge is 0.496 e. The monoisotopic (exact) mass is 313 g/mol. The highest BCUT2D eigenvalue weighted by Crippen LogP contribution is 2.16. The highest BCUT2D eigenvalue weighted by molar-refractivity contribution is 5.78. The fourth-order valence-corrected chi connectivity index (χ4v) is 2.28. The SMILES string of the molecule is COc1ccccc1CNC(=O)Cn1c(=O)oc2cccnc21. The molecule has 1 aromatic carbocycles. The Bertz CT molecular complexity index is 897. The van der Waals surface area contributed by atoms with Gasteiger partial charge in [-0.3, -0.25) is 4.79 Å². The first kappa shape index (κ1) is 14.8. The summed E-state index contributed by atoms with van der Waals surface area (Å²) in [6.45, 7) is 0.152. The smallest absolute Gasteiger partial charge is 0.421 e. The Morgan fingerprint density at radius 2 is 2.13 bits per heavy atom. The molecule has 2 heterocycles. The second-order valence-electron chi connectivity index (χ2n) is 4.87. The van der Waals surface area contributed by atoms with Gasteiger partial charge in [0.1, 0.15) is 12.3 Å². The van der Waals surface area contributed by atoms with E-state index in [0.29, 0.717) is 23.5 Å². The molecule has 0 aliphatic rings. The van der Waals surface area contributed by atoms with Crippen molar-refractivity contribution in [2.24, 2.45) is 0 Å². The highest BCUT2D eigenvalue weighted by atomic mass is 16.5. The van der Waals surface area contributed by atoms with E-state index >= 15 is 0 Å². The average molecular weight is 313 g/mol. The molecule has 118 valence electrons. The number of hydrogen-bond donors (Lipinski definition) is 1. The first-order chi connectivity index (χ1) is 11.2. The maximum absolute atomic E-state index is 12.1. The molecule has 23 heavy (non-hydrogen) atoms. The van der Waals surface area contributed by atoms with Gasteiger partial charge in [-0.1, -0.05) is 18.2 Å². The molecular weight excluding hydrogens is 298 g/mol. The Hall–Kier alpha value is -3.09. The van der Waals surface area contributed by atoms with Crippen LogP contribution in [0, 0.1) is 0 Å². The Balaban J connectivity index is 1.72. The molecule has 0 bridgehead atoms. The van der Waals surface area contributed by atoms with Crippen molar-refractivity contribution in [1.82, 2.24) is 14.9 Å². The van der Waals surface area contributed by atoms with Crippen molar-refractivity contribution in [3.8, 4) is 5.75 Å². The molecule has 1 amide bonds. The maximum Gasteiger partial charge on any atom is 0.421 e. The van der Waals surface area contributed by atoms with Crippen LogP contribution < -0.4 is 15.8 Å². The van der Waals surface area contributed by atoms with Gasteiger partial charge in [0.05, 0.1) is 7.11 Å². The van der Waals surface area contributed by atoms with E-state index in [4.69, 9.17) is 9.15 Å². The molecule has 3 rings (SSSR count). The molecule has 7 nitrogen and oxygen atoms in total. The highest BCUT2D eigenvalue weighted by Gasteiger charge is 2.13. The van der Waals surface area contributed by atoms with Crippen LogP contribution in [0.5, 0.6) is 5.75 Å². The zero-order chi connectivity index (χ0) is 16.2. The minimum Gasteiger partial charge on any atom is -0.496 e. The van der Waals surface area contributed by atoms with Gasteiger partial charge in [0, 0.05) is 18.3 Å². The number of para-hydroxylation sites is 1. The summed E-state index contributed by atoms with van der Waals surface area (Å²) in [6, 6.07) is 10.7. The first-order valence-electron chi connectivity index (χ1n) is 7.02. The van der Waals surface area contributed by atoms with Crippen molar-refractivity contribution >= 4 is 17.1 Å². The van der Waals surface area contributed by atoms with Crippen molar-refractivity contribution in [3.63, 3.8) is 0 Å². The van der Waals surface area contributed by atoms with Gasteiger partial charge in [0.2, 0.25) is 5.91 Å². The van der Waals surface area contributed by atoms with Crippen LogP contribution in [-0.2, 0) is 17.9 Å². The van der Waals surface area contributed by atoms with E-state index in [1.807, 2.05) is 24.3 Å². The van der Waals surface area contributed by atoms with E-state index in [2.05, 4.69) is 10.3 Å². The van der Waals surface area contributed by atoms with Crippen molar-refractivity contribution < 1.29 is 13.9 Å². The fourth-order valence-electron chi connectivity index (χ4n) is 2.28. The van der Waals surface area contributed by atoms with Gasteiger partial charge in [-0.25, -0.2) is 14.3 Å². The number of carbonyl (C=O) groups excluding carboxylic acids is 1. The standard InChI is InChI=1S/C16H15N3O4/c1-22-12-6-3-2-5-11(12)9-18-14(20)10-19-15-13(23-16(19)21)7-4-8-17-15/h2-8H,9-10H2,1H3,(H,18,20). The molecule has 0 aliphatic heterocycles. The molecule has 0 aliphatic carbocycles. The van der Waals surface area contributed by atoms with Gasteiger partial charge < -0.3 is 14.5 Å². The quantitative estimate of drug-likeness (QED) is 0.767. The van der Waals surface area contributed by atoms with E-state index in [1.165, 1.54) is 4.57 Å². The van der Waals surface area contributed by atoms with Crippen LogP contribution >= 0.6 is 0 Å². The molecule has 0 fully saturated rings. The predicted molar refractivity (Wildman–Crippen MR) is 83.1 cm³/mol. The van der Waals surface area contributed by atoms with E-state index < -0.39 is 5.76 Å². The molecule has 7 heteroatoms. The number of rotatable bonds is 5. The summed E-state index contributed by atoms with van der Waals surface area (Å²) in [5.74, 6) is -0.224. The fraction of sp³-hybridized carbons (Fsp3) is 0.188. The number of oxazole rings is 1. The number of methoxy groups -OCH3 is 1. The molecule has 0 saturated carbocycles. The lowest BCUT2D eigenvalue weighted by Gasteiger charge is -2.09. The van der Waals surface area contributed by atoms with Crippen LogP contribution in [0.25, 0.3) is 11.2 Å². The number of pyridine rings is 1. The van der Waals surface area contributed by atoms with Crippen LogP contribution in [0.3, 0.4) is 0 Å². The number of ether oxygens (including phenoxy) is 1. The van der Waals surface area contributed by atoms with Gasteiger partial charge in [-0.15, -0.1) is 0 Å². The van der Waals surface area contributed by atoms with Gasteiger partial charge in [-0.2, -0.15) is 0 Å². The van der Waals surface area contributed by atoms with E-state index in [0.717, 1.165) is 5.56 Å². The molecule has 0 unspecified atom stereocenters. The van der Waals surface area contributed by atoms with E-state index in [9.17, 15) is 9.59 Å². The number of hydrogen-bond acceptors (Lipinski definition) is 5. The molecular formula is C16H15N3O4. The van der Waals surface area contributed by atoms with Crippen LogP contribution in [0.1, 0.15) is 5.56 Å². The summed E-state index contributed by atoms with van der Waals surface area (Å²) in [6.07, 6.45) is 1.54. The number of fused-ring (bicyclic) bond motifs is 1. The third kappa shape index (κ3) is 3.08. The molecule has 2 aromatic heterocycles. The van der Waals surface area contributed by atoms with Crippen LogP contribution in [0.15, 0.2) is 51.8 Å². The third-order valence-corrected chi connectivity index (χ3v) is 3.39. The lowest BCUT2D eigenvalue weighted by Crippen LogP contribution is -2.30.